The third-order valence-corrected chi connectivity index (χ3v) is 6.81. The van der Waals surface area contributed by atoms with E-state index >= 15 is 0 Å². The van der Waals surface area contributed by atoms with E-state index in [-0.39, 0.29) is 23.7 Å². The van der Waals surface area contributed by atoms with E-state index in [0.29, 0.717) is 29.9 Å². The Morgan fingerprint density at radius 2 is 1.72 bits per heavy atom. The number of carbonyl (C=O) groups is 1. The molecule has 0 saturated carbocycles. The zero-order valence-electron chi connectivity index (χ0n) is 19.6. The number of halogens is 1. The largest absolute Gasteiger partial charge is 0.326 e. The topological polar surface area (TPSA) is 76.9 Å². The summed E-state index contributed by atoms with van der Waals surface area (Å²) in [5.74, 6) is -0.472. The highest BCUT2D eigenvalue weighted by Crippen LogP contribution is 2.31. The molecule has 0 aliphatic heterocycles. The Morgan fingerprint density at radius 3 is 2.50 bits per heavy atom. The average Bonchev–Trinajstić information content (AvgIpc) is 3.29. The van der Waals surface area contributed by atoms with Gasteiger partial charge in [-0.15, -0.1) is 11.3 Å². The number of carbonyl (C=O) groups excluding carboxylic acids is 1. The Hall–Kier alpha value is -4.17. The summed E-state index contributed by atoms with van der Waals surface area (Å²) in [7, 11) is 0. The predicted molar refractivity (Wildman–Crippen MR) is 142 cm³/mol. The van der Waals surface area contributed by atoms with Gasteiger partial charge in [-0.3, -0.25) is 9.59 Å². The number of benzene rings is 3. The van der Waals surface area contributed by atoms with Crippen molar-refractivity contribution in [3.8, 4) is 21.8 Å². The number of hydrogen-bond acceptors (Lipinski definition) is 5. The van der Waals surface area contributed by atoms with Gasteiger partial charge in [-0.25, -0.2) is 14.1 Å². The maximum atomic E-state index is 13.2. The van der Waals surface area contributed by atoms with Crippen molar-refractivity contribution in [3.63, 3.8) is 0 Å². The number of hydrogen-bond donors (Lipinski definition) is 1. The van der Waals surface area contributed by atoms with Gasteiger partial charge in [0.2, 0.25) is 5.91 Å². The molecule has 0 fully saturated rings. The van der Waals surface area contributed by atoms with Gasteiger partial charge in [0.1, 0.15) is 10.8 Å². The zero-order chi connectivity index (χ0) is 25.1. The highest BCUT2D eigenvalue weighted by Gasteiger charge is 2.09. The number of nitrogens with one attached hydrogen (secondary N) is 1. The molecule has 3 aromatic carbocycles. The van der Waals surface area contributed by atoms with Crippen LogP contribution >= 0.6 is 11.3 Å². The molecule has 6 nitrogen and oxygen atoms in total. The first-order valence-electron chi connectivity index (χ1n) is 11.6. The average molecular weight is 499 g/mol. The first-order valence-corrected chi connectivity index (χ1v) is 12.4. The van der Waals surface area contributed by atoms with Gasteiger partial charge in [0.15, 0.2) is 0 Å². The third kappa shape index (κ3) is 5.39. The summed E-state index contributed by atoms with van der Waals surface area (Å²) in [5, 5.41) is 8.19. The lowest BCUT2D eigenvalue weighted by Crippen LogP contribution is -2.23. The van der Waals surface area contributed by atoms with E-state index < -0.39 is 0 Å². The number of rotatable bonds is 7. The molecule has 0 aliphatic carbocycles. The third-order valence-electron chi connectivity index (χ3n) is 5.74. The number of aryl methyl sites for hydroxylation is 2. The monoisotopic (exact) mass is 498 g/mol. The van der Waals surface area contributed by atoms with Crippen LogP contribution in [0.25, 0.3) is 32.0 Å². The van der Waals surface area contributed by atoms with Crippen LogP contribution in [0.2, 0.25) is 0 Å². The van der Waals surface area contributed by atoms with Crippen LogP contribution in [-0.2, 0) is 11.3 Å². The van der Waals surface area contributed by atoms with Crippen molar-refractivity contribution in [1.82, 2.24) is 14.8 Å². The van der Waals surface area contributed by atoms with Gasteiger partial charge in [-0.1, -0.05) is 6.07 Å². The summed E-state index contributed by atoms with van der Waals surface area (Å²) < 4.78 is 15.7. The Labute approximate surface area is 211 Å². The molecule has 1 N–H and O–H groups in total. The summed E-state index contributed by atoms with van der Waals surface area (Å²) in [4.78, 5) is 29.3. The van der Waals surface area contributed by atoms with Crippen molar-refractivity contribution in [3.05, 3.63) is 101 Å². The van der Waals surface area contributed by atoms with Crippen molar-refractivity contribution in [2.24, 2.45) is 0 Å². The van der Waals surface area contributed by atoms with Gasteiger partial charge in [0, 0.05) is 35.8 Å². The van der Waals surface area contributed by atoms with Gasteiger partial charge in [0.25, 0.3) is 5.56 Å². The molecule has 0 radical (unpaired) electrons. The smallest absolute Gasteiger partial charge is 0.266 e. The lowest BCUT2D eigenvalue weighted by atomic mass is 10.1. The minimum Gasteiger partial charge on any atom is -0.326 e. The lowest BCUT2D eigenvalue weighted by molar-refractivity contribution is -0.116. The second-order valence-electron chi connectivity index (χ2n) is 8.51. The van der Waals surface area contributed by atoms with E-state index in [9.17, 15) is 14.0 Å². The highest BCUT2D eigenvalue weighted by atomic mass is 32.1. The normalized spacial score (nSPS) is 11.1. The second kappa shape index (κ2) is 10.2. The van der Waals surface area contributed by atoms with Gasteiger partial charge in [-0.2, -0.15) is 5.10 Å². The molecular weight excluding hydrogens is 475 g/mol. The van der Waals surface area contributed by atoms with Crippen LogP contribution in [0.1, 0.15) is 18.4 Å². The highest BCUT2D eigenvalue weighted by molar-refractivity contribution is 7.21. The number of thiazole rings is 1. The summed E-state index contributed by atoms with van der Waals surface area (Å²) in [5.41, 5.74) is 4.93. The van der Waals surface area contributed by atoms with Gasteiger partial charge < -0.3 is 5.32 Å². The summed E-state index contributed by atoms with van der Waals surface area (Å²) in [6.45, 7) is 2.37. The van der Waals surface area contributed by atoms with E-state index in [2.05, 4.69) is 29.5 Å². The molecular formula is C28H23FN4O2S. The molecule has 5 rings (SSSR count). The molecule has 1 amide bonds. The summed E-state index contributed by atoms with van der Waals surface area (Å²) >= 11 is 1.65. The van der Waals surface area contributed by atoms with Crippen LogP contribution in [-0.4, -0.2) is 20.7 Å². The van der Waals surface area contributed by atoms with Crippen LogP contribution in [0.5, 0.6) is 0 Å². The number of amides is 1. The number of aromatic nitrogens is 3. The maximum Gasteiger partial charge on any atom is 0.266 e. The van der Waals surface area contributed by atoms with E-state index in [4.69, 9.17) is 4.98 Å². The molecule has 0 atom stereocenters. The van der Waals surface area contributed by atoms with Crippen LogP contribution < -0.4 is 10.9 Å². The standard InChI is InChI=1S/C28H23FN4O2S/c1-18-4-13-24-25(17-18)36-28(31-24)20-7-11-22(12-8-20)30-26(34)3-2-16-33-27(35)15-14-23(32-33)19-5-9-21(29)10-6-19/h4-15,17H,2-3,16H2,1H3,(H,30,34). The van der Waals surface area contributed by atoms with E-state index in [1.807, 2.05) is 30.3 Å². The minimum absolute atomic E-state index is 0.138. The van der Waals surface area contributed by atoms with Crippen molar-refractivity contribution >= 4 is 33.1 Å². The summed E-state index contributed by atoms with van der Waals surface area (Å²) in [6.07, 6.45) is 0.697. The van der Waals surface area contributed by atoms with Gasteiger partial charge in [-0.05, 0) is 85.6 Å². The molecule has 8 heteroatoms. The SMILES string of the molecule is Cc1ccc2nc(-c3ccc(NC(=O)CCCn4nc(-c5ccc(F)cc5)ccc4=O)cc3)sc2c1. The molecule has 36 heavy (non-hydrogen) atoms. The van der Waals surface area contributed by atoms with Crippen molar-refractivity contribution in [1.29, 1.82) is 0 Å². The van der Waals surface area contributed by atoms with Crippen LogP contribution in [0.4, 0.5) is 10.1 Å². The van der Waals surface area contributed by atoms with Crippen molar-refractivity contribution in [2.75, 3.05) is 5.32 Å². The molecule has 0 saturated heterocycles. The molecule has 0 spiro atoms. The van der Waals surface area contributed by atoms with E-state index in [1.165, 1.54) is 28.4 Å². The number of anilines is 1. The van der Waals surface area contributed by atoms with Gasteiger partial charge in [0.05, 0.1) is 15.9 Å². The van der Waals surface area contributed by atoms with E-state index in [1.54, 1.807) is 29.5 Å². The first kappa shape index (κ1) is 23.6. The second-order valence-corrected chi connectivity index (χ2v) is 9.54. The quantitative estimate of drug-likeness (QED) is 0.296. The fraction of sp³-hybridized carbons (Fsp3) is 0.143. The van der Waals surface area contributed by atoms with Crippen LogP contribution in [0.15, 0.2) is 83.7 Å². The Bertz CT molecular complexity index is 1590. The predicted octanol–water partition coefficient (Wildman–Crippen LogP) is 6.05. The minimum atomic E-state index is -0.334. The fourth-order valence-corrected chi connectivity index (χ4v) is 4.92. The molecule has 0 aliphatic rings. The Kier molecular flexibility index (Phi) is 6.69. The first-order chi connectivity index (χ1) is 17.4. The Morgan fingerprint density at radius 1 is 0.972 bits per heavy atom. The van der Waals surface area contributed by atoms with Crippen molar-refractivity contribution < 1.29 is 9.18 Å². The van der Waals surface area contributed by atoms with E-state index in [0.717, 1.165) is 20.8 Å². The number of fused-ring (bicyclic) bond motifs is 1. The zero-order valence-corrected chi connectivity index (χ0v) is 20.4. The fourth-order valence-electron chi connectivity index (χ4n) is 3.85. The number of nitrogens with zero attached hydrogens (tertiary/aromatic N) is 3. The molecule has 0 unspecified atom stereocenters. The molecule has 5 aromatic rings. The molecule has 2 aromatic heterocycles. The molecule has 2 heterocycles. The lowest BCUT2D eigenvalue weighted by Gasteiger charge is -2.08. The van der Waals surface area contributed by atoms with Gasteiger partial charge >= 0.3 is 0 Å². The van der Waals surface area contributed by atoms with Crippen LogP contribution in [0, 0.1) is 12.7 Å². The Balaban J connectivity index is 1.17. The van der Waals surface area contributed by atoms with Crippen LogP contribution in [0.3, 0.4) is 0 Å². The molecule has 180 valence electrons. The maximum absolute atomic E-state index is 13.2. The summed E-state index contributed by atoms with van der Waals surface area (Å²) in [6, 6.07) is 22.8. The van der Waals surface area contributed by atoms with Crippen molar-refractivity contribution in [2.45, 2.75) is 26.3 Å². The molecule has 0 bridgehead atoms.